The van der Waals surface area contributed by atoms with E-state index < -0.39 is 5.54 Å². The summed E-state index contributed by atoms with van der Waals surface area (Å²) >= 11 is 5.49. The van der Waals surface area contributed by atoms with E-state index in [4.69, 9.17) is 11.6 Å². The van der Waals surface area contributed by atoms with Crippen molar-refractivity contribution in [1.29, 1.82) is 0 Å². The van der Waals surface area contributed by atoms with Crippen molar-refractivity contribution < 1.29 is 9.18 Å². The summed E-state index contributed by atoms with van der Waals surface area (Å²) in [4.78, 5) is 11.5. The third-order valence-corrected chi connectivity index (χ3v) is 3.03. The molecule has 0 saturated heterocycles. The van der Waals surface area contributed by atoms with E-state index in [1.165, 1.54) is 6.07 Å². The minimum Gasteiger partial charge on any atom is -0.346 e. The van der Waals surface area contributed by atoms with Crippen molar-refractivity contribution in [3.63, 3.8) is 0 Å². The first-order valence-corrected chi connectivity index (χ1v) is 5.83. The molecule has 2 rings (SSSR count). The molecule has 0 heterocycles. The van der Waals surface area contributed by atoms with Gasteiger partial charge in [0.25, 0.3) is 0 Å². The van der Waals surface area contributed by atoms with Gasteiger partial charge < -0.3 is 5.32 Å². The van der Waals surface area contributed by atoms with Gasteiger partial charge in [0.15, 0.2) is 0 Å². The molecule has 1 aliphatic rings. The fraction of sp³-hybridized carbons (Fsp3) is 0.417. The quantitative estimate of drug-likeness (QED) is 0.807. The molecule has 0 aromatic heterocycles. The van der Waals surface area contributed by atoms with E-state index >= 15 is 0 Å². The number of nitrogens with one attached hydrogen (secondary N) is 1. The largest absolute Gasteiger partial charge is 0.346 e. The Balaban J connectivity index is 2.14. The summed E-state index contributed by atoms with van der Waals surface area (Å²) in [6, 6.07) is 6.58. The second-order valence-corrected chi connectivity index (χ2v) is 4.43. The van der Waals surface area contributed by atoms with Gasteiger partial charge in [0, 0.05) is 17.9 Å². The number of rotatable bonds is 4. The molecule has 86 valence electrons. The zero-order valence-corrected chi connectivity index (χ0v) is 9.56. The van der Waals surface area contributed by atoms with Crippen LogP contribution in [0.2, 0.25) is 0 Å². The Bertz CT molecular complexity index is 404. The van der Waals surface area contributed by atoms with E-state index in [0.717, 1.165) is 12.8 Å². The van der Waals surface area contributed by atoms with Gasteiger partial charge in [-0.15, -0.1) is 11.6 Å². The van der Waals surface area contributed by atoms with E-state index in [1.54, 1.807) is 18.2 Å². The van der Waals surface area contributed by atoms with Crippen LogP contribution in [0, 0.1) is 5.82 Å². The van der Waals surface area contributed by atoms with Crippen LogP contribution in [0.15, 0.2) is 24.3 Å². The minimum atomic E-state index is -0.478. The van der Waals surface area contributed by atoms with Gasteiger partial charge in [-0.05, 0) is 18.9 Å². The molecule has 0 bridgehead atoms. The van der Waals surface area contributed by atoms with Crippen LogP contribution in [-0.2, 0) is 10.3 Å². The summed E-state index contributed by atoms with van der Waals surface area (Å²) in [5.74, 6) is -0.0824. The number of benzene rings is 1. The number of hydrogen-bond acceptors (Lipinski definition) is 1. The highest BCUT2D eigenvalue weighted by atomic mass is 35.5. The first kappa shape index (κ1) is 11.4. The lowest BCUT2D eigenvalue weighted by Crippen LogP contribution is -2.35. The van der Waals surface area contributed by atoms with Gasteiger partial charge in [-0.1, -0.05) is 18.2 Å². The molecule has 1 aromatic carbocycles. The third kappa shape index (κ3) is 2.19. The van der Waals surface area contributed by atoms with Crippen molar-refractivity contribution in [1.82, 2.24) is 5.32 Å². The van der Waals surface area contributed by atoms with E-state index in [1.807, 2.05) is 0 Å². The van der Waals surface area contributed by atoms with Crippen molar-refractivity contribution >= 4 is 17.5 Å². The van der Waals surface area contributed by atoms with Crippen molar-refractivity contribution in [2.45, 2.75) is 24.8 Å². The minimum absolute atomic E-state index is 0.115. The second kappa shape index (κ2) is 4.42. The van der Waals surface area contributed by atoms with Crippen LogP contribution in [0.25, 0.3) is 0 Å². The van der Waals surface area contributed by atoms with Crippen LogP contribution in [-0.4, -0.2) is 11.8 Å². The van der Waals surface area contributed by atoms with Crippen molar-refractivity contribution in [3.8, 4) is 0 Å². The SMILES string of the molecule is O=C(CCCl)NC1(c2ccccc2F)CC1. The molecular weight excluding hydrogens is 229 g/mol. The zero-order chi connectivity index (χ0) is 11.6. The van der Waals surface area contributed by atoms with Crippen LogP contribution in [0.1, 0.15) is 24.8 Å². The Morgan fingerprint density at radius 2 is 2.12 bits per heavy atom. The average molecular weight is 242 g/mol. The molecule has 0 atom stereocenters. The Morgan fingerprint density at radius 1 is 1.44 bits per heavy atom. The van der Waals surface area contributed by atoms with Gasteiger partial charge in [-0.25, -0.2) is 4.39 Å². The first-order valence-electron chi connectivity index (χ1n) is 5.30. The van der Waals surface area contributed by atoms with Gasteiger partial charge in [0.05, 0.1) is 5.54 Å². The number of alkyl halides is 1. The smallest absolute Gasteiger partial charge is 0.221 e. The summed E-state index contributed by atoms with van der Waals surface area (Å²) in [6.07, 6.45) is 1.86. The standard InChI is InChI=1S/C12H13ClFNO/c13-8-5-11(16)15-12(6-7-12)9-3-1-2-4-10(9)14/h1-4H,5-8H2,(H,15,16). The van der Waals surface area contributed by atoms with Crippen LogP contribution in [0.5, 0.6) is 0 Å². The lowest BCUT2D eigenvalue weighted by atomic mass is 10.0. The molecule has 4 heteroatoms. The molecule has 1 aliphatic carbocycles. The van der Waals surface area contributed by atoms with E-state index in [0.29, 0.717) is 11.4 Å². The molecule has 1 saturated carbocycles. The predicted octanol–water partition coefficient (Wildman–Crippen LogP) is 2.56. The summed E-state index contributed by atoms with van der Waals surface area (Å²) < 4.78 is 13.6. The lowest BCUT2D eigenvalue weighted by Gasteiger charge is -2.18. The molecule has 1 N–H and O–H groups in total. The highest BCUT2D eigenvalue weighted by Crippen LogP contribution is 2.46. The maximum absolute atomic E-state index is 13.6. The molecule has 1 fully saturated rings. The molecule has 0 radical (unpaired) electrons. The summed E-state index contributed by atoms with van der Waals surface area (Å²) in [6.45, 7) is 0. The van der Waals surface area contributed by atoms with Gasteiger partial charge >= 0.3 is 0 Å². The number of halogens is 2. The van der Waals surface area contributed by atoms with Crippen LogP contribution >= 0.6 is 11.6 Å². The monoisotopic (exact) mass is 241 g/mol. The zero-order valence-electron chi connectivity index (χ0n) is 8.80. The van der Waals surface area contributed by atoms with Crippen LogP contribution in [0.4, 0.5) is 4.39 Å². The third-order valence-electron chi connectivity index (χ3n) is 2.84. The highest BCUT2D eigenvalue weighted by molar-refractivity contribution is 6.18. The lowest BCUT2D eigenvalue weighted by molar-refractivity contribution is -0.121. The number of amides is 1. The molecule has 1 aromatic rings. The van der Waals surface area contributed by atoms with Crippen molar-refractivity contribution in [3.05, 3.63) is 35.6 Å². The Kier molecular flexibility index (Phi) is 3.15. The van der Waals surface area contributed by atoms with E-state index in [2.05, 4.69) is 5.32 Å². The molecule has 0 spiro atoms. The fourth-order valence-electron chi connectivity index (χ4n) is 1.85. The Morgan fingerprint density at radius 3 is 2.69 bits per heavy atom. The summed E-state index contributed by atoms with van der Waals surface area (Å²) in [7, 11) is 0. The fourth-order valence-corrected chi connectivity index (χ4v) is 2.02. The van der Waals surface area contributed by atoms with Gasteiger partial charge in [-0.2, -0.15) is 0 Å². The Hall–Kier alpha value is -1.09. The average Bonchev–Trinajstić information content (AvgIpc) is 2.99. The number of carbonyl (C=O) groups excluding carboxylic acids is 1. The number of carbonyl (C=O) groups is 1. The maximum atomic E-state index is 13.6. The number of hydrogen-bond donors (Lipinski definition) is 1. The topological polar surface area (TPSA) is 29.1 Å². The molecule has 2 nitrogen and oxygen atoms in total. The Labute approximate surface area is 98.8 Å². The first-order chi connectivity index (χ1) is 7.68. The molecule has 1 amide bonds. The van der Waals surface area contributed by atoms with Gasteiger partial charge in [0.2, 0.25) is 5.91 Å². The molecule has 0 aliphatic heterocycles. The normalized spacial score (nSPS) is 16.9. The van der Waals surface area contributed by atoms with Crippen LogP contribution < -0.4 is 5.32 Å². The molecular formula is C12H13ClFNO. The summed E-state index contributed by atoms with van der Waals surface area (Å²) in [5.41, 5.74) is 0.104. The van der Waals surface area contributed by atoms with Gasteiger partial charge in [-0.3, -0.25) is 4.79 Å². The predicted molar refractivity (Wildman–Crippen MR) is 60.8 cm³/mol. The van der Waals surface area contributed by atoms with Crippen LogP contribution in [0.3, 0.4) is 0 Å². The summed E-state index contributed by atoms with van der Waals surface area (Å²) in [5, 5.41) is 2.86. The van der Waals surface area contributed by atoms with E-state index in [-0.39, 0.29) is 18.1 Å². The van der Waals surface area contributed by atoms with Gasteiger partial charge in [0.1, 0.15) is 5.82 Å². The maximum Gasteiger partial charge on any atom is 0.221 e. The van der Waals surface area contributed by atoms with Crippen molar-refractivity contribution in [2.75, 3.05) is 5.88 Å². The highest BCUT2D eigenvalue weighted by Gasteiger charge is 2.47. The van der Waals surface area contributed by atoms with Crippen molar-refractivity contribution in [2.24, 2.45) is 0 Å². The second-order valence-electron chi connectivity index (χ2n) is 4.05. The van der Waals surface area contributed by atoms with E-state index in [9.17, 15) is 9.18 Å². The molecule has 0 unspecified atom stereocenters. The molecule has 16 heavy (non-hydrogen) atoms.